The molecule has 1 saturated carbocycles. The quantitative estimate of drug-likeness (QED) is 0.776. The molecule has 0 aromatic rings. The summed E-state index contributed by atoms with van der Waals surface area (Å²) in [5.74, 6) is 0. The highest BCUT2D eigenvalue weighted by atomic mass is 16.5. The van der Waals surface area contributed by atoms with Crippen LogP contribution in [0.1, 0.15) is 58.3 Å². The third-order valence-corrected chi connectivity index (χ3v) is 4.57. The fraction of sp³-hybridized carbons (Fsp3) is 1.00. The molecule has 0 spiro atoms. The first-order valence-corrected chi connectivity index (χ1v) is 7.01. The van der Waals surface area contributed by atoms with Crippen LogP contribution in [-0.2, 0) is 4.74 Å². The van der Waals surface area contributed by atoms with Gasteiger partial charge in [-0.15, -0.1) is 0 Å². The van der Waals surface area contributed by atoms with E-state index in [9.17, 15) is 0 Å². The van der Waals surface area contributed by atoms with E-state index in [4.69, 9.17) is 4.74 Å². The van der Waals surface area contributed by atoms with Gasteiger partial charge < -0.3 is 10.1 Å². The summed E-state index contributed by atoms with van der Waals surface area (Å²) < 4.78 is 5.68. The van der Waals surface area contributed by atoms with Crippen LogP contribution in [0.15, 0.2) is 0 Å². The Balaban J connectivity index is 1.65. The molecule has 94 valence electrons. The summed E-state index contributed by atoms with van der Waals surface area (Å²) in [5, 5.41) is 3.43. The van der Waals surface area contributed by atoms with Crippen molar-refractivity contribution in [3.63, 3.8) is 0 Å². The summed E-state index contributed by atoms with van der Waals surface area (Å²) in [5.41, 5.74) is 0.603. The van der Waals surface area contributed by atoms with Gasteiger partial charge in [-0.05, 0) is 57.4 Å². The molecule has 2 heteroatoms. The minimum atomic E-state index is 0.588. The molecule has 2 fully saturated rings. The zero-order chi connectivity index (χ0) is 11.4. The van der Waals surface area contributed by atoms with Gasteiger partial charge in [0.05, 0.1) is 6.10 Å². The second-order valence-electron chi connectivity index (χ2n) is 6.07. The molecule has 3 unspecified atom stereocenters. The van der Waals surface area contributed by atoms with Gasteiger partial charge in [-0.1, -0.05) is 13.3 Å². The first-order valence-electron chi connectivity index (χ1n) is 7.01. The van der Waals surface area contributed by atoms with Crippen LogP contribution in [0.4, 0.5) is 0 Å². The molecule has 1 saturated heterocycles. The van der Waals surface area contributed by atoms with Crippen molar-refractivity contribution in [2.45, 2.75) is 70.4 Å². The molecule has 1 aliphatic carbocycles. The highest BCUT2D eigenvalue weighted by Crippen LogP contribution is 2.42. The highest BCUT2D eigenvalue weighted by Gasteiger charge is 2.33. The summed E-state index contributed by atoms with van der Waals surface area (Å²) in [6.45, 7) is 3.48. The molecule has 1 heterocycles. The first-order chi connectivity index (χ1) is 7.72. The zero-order valence-electron chi connectivity index (χ0n) is 10.9. The lowest BCUT2D eigenvalue weighted by Gasteiger charge is -2.24. The van der Waals surface area contributed by atoms with Gasteiger partial charge in [-0.2, -0.15) is 0 Å². The van der Waals surface area contributed by atoms with Crippen LogP contribution >= 0.6 is 0 Å². The Morgan fingerprint density at radius 3 is 2.88 bits per heavy atom. The average Bonchev–Trinajstić information content (AvgIpc) is 2.88. The molecule has 0 radical (unpaired) electrons. The van der Waals surface area contributed by atoms with Crippen molar-refractivity contribution in [2.24, 2.45) is 5.41 Å². The van der Waals surface area contributed by atoms with Gasteiger partial charge in [0.25, 0.3) is 0 Å². The predicted molar refractivity (Wildman–Crippen MR) is 67.6 cm³/mol. The molecule has 2 nitrogen and oxygen atoms in total. The predicted octanol–water partition coefficient (Wildman–Crippen LogP) is 3.11. The minimum Gasteiger partial charge on any atom is -0.378 e. The molecule has 0 aromatic heterocycles. The van der Waals surface area contributed by atoms with Crippen LogP contribution in [0, 0.1) is 5.41 Å². The van der Waals surface area contributed by atoms with Gasteiger partial charge in [0.15, 0.2) is 0 Å². The maximum Gasteiger partial charge on any atom is 0.0576 e. The van der Waals surface area contributed by atoms with Crippen LogP contribution in [0.5, 0.6) is 0 Å². The molecule has 2 rings (SSSR count). The molecule has 2 aliphatic rings. The Kier molecular flexibility index (Phi) is 4.26. The lowest BCUT2D eigenvalue weighted by molar-refractivity contribution is 0.0981. The molecule has 3 atom stereocenters. The molecule has 0 aromatic carbocycles. The van der Waals surface area contributed by atoms with E-state index in [-0.39, 0.29) is 0 Å². The topological polar surface area (TPSA) is 21.3 Å². The van der Waals surface area contributed by atoms with Crippen LogP contribution in [-0.4, -0.2) is 25.8 Å². The normalized spacial score (nSPS) is 39.4. The lowest BCUT2D eigenvalue weighted by Crippen LogP contribution is -2.23. The van der Waals surface area contributed by atoms with E-state index in [1.807, 2.05) is 0 Å². The molecule has 0 amide bonds. The largest absolute Gasteiger partial charge is 0.378 e. The summed E-state index contributed by atoms with van der Waals surface area (Å²) in [6.07, 6.45) is 11.4. The van der Waals surface area contributed by atoms with Crippen molar-refractivity contribution in [3.05, 3.63) is 0 Å². The Hall–Kier alpha value is -0.0800. The van der Waals surface area contributed by atoms with Crippen LogP contribution in [0.2, 0.25) is 0 Å². The Labute approximate surface area is 100 Å². The van der Waals surface area contributed by atoms with Crippen LogP contribution in [0.25, 0.3) is 0 Å². The number of nitrogens with one attached hydrogen (secondary N) is 1. The Bertz CT molecular complexity index is 213. The van der Waals surface area contributed by atoms with Crippen LogP contribution < -0.4 is 5.32 Å². The van der Waals surface area contributed by atoms with Gasteiger partial charge in [0, 0.05) is 12.6 Å². The summed E-state index contributed by atoms with van der Waals surface area (Å²) in [4.78, 5) is 0. The van der Waals surface area contributed by atoms with Crippen molar-refractivity contribution in [3.8, 4) is 0 Å². The maximum atomic E-state index is 5.68. The van der Waals surface area contributed by atoms with E-state index < -0.39 is 0 Å². The fourth-order valence-corrected chi connectivity index (χ4v) is 3.42. The smallest absolute Gasteiger partial charge is 0.0576 e. The van der Waals surface area contributed by atoms with Crippen molar-refractivity contribution < 1.29 is 4.74 Å². The van der Waals surface area contributed by atoms with Crippen molar-refractivity contribution in [1.29, 1.82) is 0 Å². The van der Waals surface area contributed by atoms with E-state index >= 15 is 0 Å². The molecular weight excluding hydrogens is 198 g/mol. The van der Waals surface area contributed by atoms with E-state index in [1.54, 1.807) is 0 Å². The molecular formula is C14H27NO. The molecule has 1 aliphatic heterocycles. The maximum absolute atomic E-state index is 5.68. The summed E-state index contributed by atoms with van der Waals surface area (Å²) >= 11 is 0. The van der Waals surface area contributed by atoms with E-state index in [0.717, 1.165) is 12.6 Å². The van der Waals surface area contributed by atoms with Crippen molar-refractivity contribution in [1.82, 2.24) is 5.32 Å². The summed E-state index contributed by atoms with van der Waals surface area (Å²) in [7, 11) is 2.10. The number of rotatable bonds is 5. The number of hydrogen-bond acceptors (Lipinski definition) is 2. The Morgan fingerprint density at radius 2 is 2.25 bits per heavy atom. The Morgan fingerprint density at radius 1 is 1.38 bits per heavy atom. The van der Waals surface area contributed by atoms with Gasteiger partial charge in [-0.25, -0.2) is 0 Å². The monoisotopic (exact) mass is 225 g/mol. The minimum absolute atomic E-state index is 0.588. The lowest BCUT2D eigenvalue weighted by atomic mass is 9.82. The molecule has 1 N–H and O–H groups in total. The summed E-state index contributed by atoms with van der Waals surface area (Å²) in [6, 6.07) is 0.771. The van der Waals surface area contributed by atoms with E-state index in [1.165, 1.54) is 51.4 Å². The third kappa shape index (κ3) is 3.21. The van der Waals surface area contributed by atoms with Gasteiger partial charge in [0.2, 0.25) is 0 Å². The second kappa shape index (κ2) is 5.50. The van der Waals surface area contributed by atoms with Gasteiger partial charge in [-0.3, -0.25) is 0 Å². The fourth-order valence-electron chi connectivity index (χ4n) is 3.42. The van der Waals surface area contributed by atoms with E-state index in [0.29, 0.717) is 11.5 Å². The van der Waals surface area contributed by atoms with E-state index in [2.05, 4.69) is 19.3 Å². The SMILES string of the molecule is CNC1CCC(C)(CCCC2CCCO2)C1. The zero-order valence-corrected chi connectivity index (χ0v) is 10.9. The second-order valence-corrected chi connectivity index (χ2v) is 6.07. The molecule has 0 bridgehead atoms. The highest BCUT2D eigenvalue weighted by molar-refractivity contribution is 4.88. The van der Waals surface area contributed by atoms with Gasteiger partial charge >= 0.3 is 0 Å². The molecule has 16 heavy (non-hydrogen) atoms. The number of ether oxygens (including phenoxy) is 1. The van der Waals surface area contributed by atoms with Crippen molar-refractivity contribution >= 4 is 0 Å². The average molecular weight is 225 g/mol. The first kappa shape index (κ1) is 12.4. The number of hydrogen-bond donors (Lipinski definition) is 1. The van der Waals surface area contributed by atoms with Gasteiger partial charge in [0.1, 0.15) is 0 Å². The standard InChI is InChI=1S/C14H27NO/c1-14(9-7-12(11-14)15-2)8-3-5-13-6-4-10-16-13/h12-13,15H,3-11H2,1-2H3. The van der Waals surface area contributed by atoms with Crippen molar-refractivity contribution in [2.75, 3.05) is 13.7 Å². The van der Waals surface area contributed by atoms with Crippen LogP contribution in [0.3, 0.4) is 0 Å². The third-order valence-electron chi connectivity index (χ3n) is 4.57.